The van der Waals surface area contributed by atoms with Gasteiger partial charge in [-0.15, -0.1) is 0 Å². The first-order valence-corrected chi connectivity index (χ1v) is 7.16. The van der Waals surface area contributed by atoms with Gasteiger partial charge in [0, 0.05) is 0 Å². The minimum atomic E-state index is -0.354. The van der Waals surface area contributed by atoms with Crippen LogP contribution in [0.25, 0.3) is 6.08 Å². The molecule has 0 aromatic heterocycles. The van der Waals surface area contributed by atoms with E-state index in [1.807, 2.05) is 25.1 Å². The third-order valence-corrected chi connectivity index (χ3v) is 3.58. The number of rotatable bonds is 5. The van der Waals surface area contributed by atoms with E-state index in [-0.39, 0.29) is 11.1 Å². The summed E-state index contributed by atoms with van der Waals surface area (Å²) in [5, 5.41) is 1.90. The van der Waals surface area contributed by atoms with Crippen molar-refractivity contribution < 1.29 is 14.3 Å². The highest BCUT2D eigenvalue weighted by Crippen LogP contribution is 2.28. The van der Waals surface area contributed by atoms with Crippen LogP contribution in [0.5, 0.6) is 5.75 Å². The molecule has 20 heavy (non-hydrogen) atoms. The van der Waals surface area contributed by atoms with E-state index < -0.39 is 0 Å². The molecule has 1 saturated heterocycles. The van der Waals surface area contributed by atoms with E-state index in [1.54, 1.807) is 6.08 Å². The lowest BCUT2D eigenvalue weighted by atomic mass is 10.0. The summed E-state index contributed by atoms with van der Waals surface area (Å²) in [5.41, 5.74) is 7.49. The minimum absolute atomic E-state index is 0.340. The van der Waals surface area contributed by atoms with Crippen molar-refractivity contribution in [3.63, 3.8) is 0 Å². The molecule has 0 radical (unpaired) electrons. The zero-order chi connectivity index (χ0) is 14.5. The lowest BCUT2D eigenvalue weighted by molar-refractivity contribution is -0.115. The van der Waals surface area contributed by atoms with Gasteiger partial charge >= 0.3 is 0 Å². The van der Waals surface area contributed by atoms with Gasteiger partial charge in [0.15, 0.2) is 0 Å². The average molecular weight is 292 g/mol. The molecular formula is C14H16N2O3S. The second-order valence-corrected chi connectivity index (χ2v) is 5.20. The molecule has 0 atom stereocenters. The van der Waals surface area contributed by atoms with Gasteiger partial charge in [0.1, 0.15) is 5.75 Å². The number of hydrogen-bond donors (Lipinski definition) is 2. The van der Waals surface area contributed by atoms with Crippen molar-refractivity contribution in [2.24, 2.45) is 5.73 Å². The molecule has 1 heterocycles. The molecule has 0 unspecified atom stereocenters. The van der Waals surface area contributed by atoms with E-state index in [4.69, 9.17) is 10.5 Å². The molecule has 3 N–H and O–H groups in total. The predicted molar refractivity (Wildman–Crippen MR) is 79.5 cm³/mol. The summed E-state index contributed by atoms with van der Waals surface area (Å²) in [4.78, 5) is 23.1. The van der Waals surface area contributed by atoms with E-state index in [2.05, 4.69) is 5.32 Å². The van der Waals surface area contributed by atoms with E-state index in [9.17, 15) is 9.59 Å². The molecule has 1 aliphatic rings. The lowest BCUT2D eigenvalue weighted by Gasteiger charge is -2.09. The van der Waals surface area contributed by atoms with E-state index in [0.717, 1.165) is 28.6 Å². The molecule has 1 fully saturated rings. The molecule has 2 amide bonds. The van der Waals surface area contributed by atoms with Gasteiger partial charge in [-0.3, -0.25) is 14.9 Å². The summed E-state index contributed by atoms with van der Waals surface area (Å²) < 4.78 is 5.46. The third-order valence-electron chi connectivity index (χ3n) is 2.77. The first kappa shape index (κ1) is 14.6. The Morgan fingerprint density at radius 3 is 2.80 bits per heavy atom. The Hall–Kier alpha value is -1.79. The zero-order valence-corrected chi connectivity index (χ0v) is 12.0. The van der Waals surface area contributed by atoms with Crippen LogP contribution in [0, 0.1) is 0 Å². The molecule has 0 saturated carbocycles. The van der Waals surface area contributed by atoms with E-state index >= 15 is 0 Å². The minimum Gasteiger partial charge on any atom is -0.494 e. The molecule has 1 aliphatic heterocycles. The first-order chi connectivity index (χ1) is 9.63. The van der Waals surface area contributed by atoms with Crippen LogP contribution in [0.2, 0.25) is 0 Å². The molecular weight excluding hydrogens is 276 g/mol. The second kappa shape index (κ2) is 6.58. The fourth-order valence-electron chi connectivity index (χ4n) is 1.91. The molecule has 0 spiro atoms. The van der Waals surface area contributed by atoms with Gasteiger partial charge in [-0.05, 0) is 61.0 Å². The van der Waals surface area contributed by atoms with Gasteiger partial charge in [0.2, 0.25) is 0 Å². The van der Waals surface area contributed by atoms with Crippen LogP contribution in [0.15, 0.2) is 23.1 Å². The summed E-state index contributed by atoms with van der Waals surface area (Å²) in [6.07, 6.45) is 2.39. The first-order valence-electron chi connectivity index (χ1n) is 6.34. The molecule has 0 bridgehead atoms. The predicted octanol–water partition coefficient (Wildman–Crippen LogP) is 1.91. The summed E-state index contributed by atoms with van der Waals surface area (Å²) >= 11 is 0.909. The molecule has 0 aliphatic carbocycles. The monoisotopic (exact) mass is 292 g/mol. The Kier molecular flexibility index (Phi) is 4.81. The van der Waals surface area contributed by atoms with Crippen molar-refractivity contribution in [1.29, 1.82) is 0 Å². The van der Waals surface area contributed by atoms with Crippen LogP contribution in [0.4, 0.5) is 4.79 Å². The van der Waals surface area contributed by atoms with Gasteiger partial charge in [0.05, 0.1) is 11.5 Å². The number of thioether (sulfide) groups is 1. The van der Waals surface area contributed by atoms with Crippen molar-refractivity contribution in [3.8, 4) is 5.75 Å². The molecule has 5 nitrogen and oxygen atoms in total. The van der Waals surface area contributed by atoms with Crippen LogP contribution in [0.1, 0.15) is 18.1 Å². The molecule has 1 aromatic rings. The van der Waals surface area contributed by atoms with Gasteiger partial charge in [0.25, 0.3) is 11.1 Å². The van der Waals surface area contributed by atoms with E-state index in [0.29, 0.717) is 24.5 Å². The van der Waals surface area contributed by atoms with Crippen molar-refractivity contribution in [2.45, 2.75) is 13.3 Å². The van der Waals surface area contributed by atoms with Crippen LogP contribution in [-0.4, -0.2) is 24.3 Å². The maximum absolute atomic E-state index is 11.6. The second-order valence-electron chi connectivity index (χ2n) is 4.18. The number of amides is 2. The van der Waals surface area contributed by atoms with Crippen LogP contribution < -0.4 is 15.8 Å². The number of benzene rings is 1. The largest absolute Gasteiger partial charge is 0.494 e. The van der Waals surface area contributed by atoms with Crippen molar-refractivity contribution in [3.05, 3.63) is 34.2 Å². The van der Waals surface area contributed by atoms with Crippen LogP contribution in [0.3, 0.4) is 0 Å². The number of carbonyl (C=O) groups excluding carboxylic acids is 2. The standard InChI is InChI=1S/C14H16N2O3S/c1-2-19-11-4-3-9(10(7-11)5-6-15)8-12-13(17)16-14(18)20-12/h3-4,7-8H,2,5-6,15H2,1H3,(H,16,17,18)/b12-8-. The van der Waals surface area contributed by atoms with Gasteiger partial charge in [-0.2, -0.15) is 0 Å². The number of nitrogens with one attached hydrogen (secondary N) is 1. The molecule has 1 aromatic carbocycles. The number of imide groups is 1. The molecule has 6 heteroatoms. The quantitative estimate of drug-likeness (QED) is 0.810. The fraction of sp³-hybridized carbons (Fsp3) is 0.286. The van der Waals surface area contributed by atoms with Gasteiger partial charge in [-0.1, -0.05) is 6.07 Å². The summed E-state index contributed by atoms with van der Waals surface area (Å²) in [6.45, 7) is 3.02. The smallest absolute Gasteiger partial charge is 0.290 e. The van der Waals surface area contributed by atoms with Gasteiger partial charge in [-0.25, -0.2) is 0 Å². The summed E-state index contributed by atoms with van der Waals surface area (Å²) in [7, 11) is 0. The third kappa shape index (κ3) is 3.40. The SMILES string of the molecule is CCOc1ccc(/C=C2\SC(=O)NC2=O)c(CCN)c1. The lowest BCUT2D eigenvalue weighted by Crippen LogP contribution is -2.17. The molecule has 106 valence electrons. The zero-order valence-electron chi connectivity index (χ0n) is 11.1. The Labute approximate surface area is 121 Å². The fourth-order valence-corrected chi connectivity index (χ4v) is 2.59. The number of ether oxygens (including phenoxy) is 1. The summed E-state index contributed by atoms with van der Waals surface area (Å²) in [5.74, 6) is 0.422. The summed E-state index contributed by atoms with van der Waals surface area (Å²) in [6, 6.07) is 5.64. The maximum Gasteiger partial charge on any atom is 0.290 e. The van der Waals surface area contributed by atoms with Crippen LogP contribution >= 0.6 is 11.8 Å². The van der Waals surface area contributed by atoms with Crippen molar-refractivity contribution in [1.82, 2.24) is 5.32 Å². The van der Waals surface area contributed by atoms with Crippen molar-refractivity contribution >= 4 is 29.0 Å². The maximum atomic E-state index is 11.6. The highest BCUT2D eigenvalue weighted by Gasteiger charge is 2.25. The average Bonchev–Trinajstić information content (AvgIpc) is 2.71. The van der Waals surface area contributed by atoms with Crippen molar-refractivity contribution in [2.75, 3.05) is 13.2 Å². The number of nitrogens with two attached hydrogens (primary N) is 1. The Balaban J connectivity index is 2.33. The molecule has 2 rings (SSSR count). The Morgan fingerprint density at radius 2 is 2.20 bits per heavy atom. The number of hydrogen-bond acceptors (Lipinski definition) is 5. The topological polar surface area (TPSA) is 81.4 Å². The highest BCUT2D eigenvalue weighted by atomic mass is 32.2. The van der Waals surface area contributed by atoms with Gasteiger partial charge < -0.3 is 10.5 Å². The normalized spacial score (nSPS) is 16.6. The Morgan fingerprint density at radius 1 is 1.40 bits per heavy atom. The van der Waals surface area contributed by atoms with E-state index in [1.165, 1.54) is 0 Å². The Bertz CT molecular complexity index is 570. The highest BCUT2D eigenvalue weighted by molar-refractivity contribution is 8.18. The van der Waals surface area contributed by atoms with Crippen LogP contribution in [-0.2, 0) is 11.2 Å². The number of carbonyl (C=O) groups is 2.